The summed E-state index contributed by atoms with van der Waals surface area (Å²) >= 11 is 6.12. The number of nitrogens with one attached hydrogen (secondary N) is 4. The van der Waals surface area contributed by atoms with Crippen LogP contribution in [-0.2, 0) is 71.8 Å². The van der Waals surface area contributed by atoms with Crippen LogP contribution in [0.1, 0.15) is 140 Å². The van der Waals surface area contributed by atoms with Crippen molar-refractivity contribution in [1.82, 2.24) is 55.6 Å². The van der Waals surface area contributed by atoms with E-state index in [2.05, 4.69) is 21.3 Å². The van der Waals surface area contributed by atoms with Gasteiger partial charge in [-0.1, -0.05) is 93.4 Å². The monoisotopic (exact) mass is 1290 g/mol. The van der Waals surface area contributed by atoms with Gasteiger partial charge in [0.25, 0.3) is 0 Å². The van der Waals surface area contributed by atoms with Gasteiger partial charge in [-0.25, -0.2) is 0 Å². The quantitative estimate of drug-likeness (QED) is 0.288. The Hall–Kier alpha value is -7.31. The zero-order valence-electron chi connectivity index (χ0n) is 54.1. The van der Waals surface area contributed by atoms with E-state index in [9.17, 15) is 56.3 Å². The summed E-state index contributed by atoms with van der Waals surface area (Å²) in [5.74, 6) is -7.48. The van der Waals surface area contributed by atoms with E-state index in [0.717, 1.165) is 35.4 Å². The predicted octanol–water partition coefficient (Wildman–Crippen LogP) is 4.40. The maximum Gasteiger partial charge on any atom is 0.417 e. The van der Waals surface area contributed by atoms with Crippen molar-refractivity contribution in [3.8, 4) is 0 Å². The van der Waals surface area contributed by atoms with E-state index < -0.39 is 155 Å². The van der Waals surface area contributed by atoms with Crippen LogP contribution in [0.3, 0.4) is 0 Å². The van der Waals surface area contributed by atoms with Gasteiger partial charge in [0.1, 0.15) is 47.8 Å². The molecule has 2 saturated carbocycles. The first-order valence-electron chi connectivity index (χ1n) is 31.9. The molecule has 0 unspecified atom stereocenters. The average molecular weight is 1290 g/mol. The largest absolute Gasteiger partial charge is 0.417 e. The van der Waals surface area contributed by atoms with Crippen molar-refractivity contribution >= 4 is 76.6 Å². The maximum atomic E-state index is 15.2. The predicted molar refractivity (Wildman–Crippen MR) is 332 cm³/mol. The molecule has 0 aromatic heterocycles. The van der Waals surface area contributed by atoms with Gasteiger partial charge >= 0.3 is 6.18 Å². The first kappa shape index (κ1) is 71.1. The second-order valence-electron chi connectivity index (χ2n) is 25.9. The fourth-order valence-electron chi connectivity index (χ4n) is 13.3. The molecule has 5 aliphatic rings. The van der Waals surface area contributed by atoms with Gasteiger partial charge in [0.15, 0.2) is 0 Å². The Morgan fingerprint density at radius 1 is 0.648 bits per heavy atom. The van der Waals surface area contributed by atoms with Crippen LogP contribution in [-0.4, -0.2) is 215 Å². The standard InChI is InChI=1S/C65H91ClF3N11O11/c1-11-39(3)54-62(90)75(7)37-53(83)79-32-28-49(79)61(89)77(9)50(35-43-22-20-38(2)21-23-43)60(88)74(6)36-51(81)71-47(27-25-42-24-26-45(46(66)34-42)65(67,68)69)59(87)80-31-16-19-48(80)57(85)73-64(29-14-15-30-64)63(91)78(10)55(44-17-12-13-18-44)58(86)70-40(4)33-52(82)76(8)41(5)56(84)72-54/h20-24,26,34,39-41,44,47-50,54-55H,11-19,25,27-33,35-37H2,1-10H3,(H,70,86)(H,71,81)(H,72,84)(H,73,85)/t39-,40+,41-,47-,48-,49-,50-,54-,55-/m0/s1. The minimum Gasteiger partial charge on any atom is -0.351 e. The third-order valence-electron chi connectivity index (χ3n) is 19.4. The molecule has 5 fully saturated rings. The molecule has 11 amide bonds. The summed E-state index contributed by atoms with van der Waals surface area (Å²) in [5.41, 5.74) is -0.656. The summed E-state index contributed by atoms with van der Waals surface area (Å²) in [6.45, 7) is 7.70. The molecule has 3 saturated heterocycles. The average Bonchev–Trinajstić information content (AvgIpc) is 1.79. The Morgan fingerprint density at radius 2 is 1.29 bits per heavy atom. The summed E-state index contributed by atoms with van der Waals surface area (Å²) in [6.07, 6.45) is 0.338. The topological polar surface area (TPSA) is 259 Å². The Balaban J connectivity index is 1.23. The Morgan fingerprint density at radius 3 is 1.89 bits per heavy atom. The number of benzene rings is 2. The van der Waals surface area contributed by atoms with Crippen LogP contribution in [0.4, 0.5) is 13.2 Å². The minimum absolute atomic E-state index is 0.0234. The number of amides is 11. The van der Waals surface area contributed by atoms with Crippen LogP contribution in [0, 0.1) is 18.8 Å². The van der Waals surface area contributed by atoms with Crippen molar-refractivity contribution in [3.63, 3.8) is 0 Å². The van der Waals surface area contributed by atoms with Crippen LogP contribution in [0.25, 0.3) is 0 Å². The van der Waals surface area contributed by atoms with Crippen LogP contribution in [0.5, 0.6) is 0 Å². The van der Waals surface area contributed by atoms with E-state index in [1.807, 2.05) is 26.0 Å². The summed E-state index contributed by atoms with van der Waals surface area (Å²) in [7, 11) is 7.14. The Bertz CT molecular complexity index is 3050. The van der Waals surface area contributed by atoms with E-state index in [-0.39, 0.29) is 70.4 Å². The number of carbonyl (C=O) groups excluding carboxylic acids is 11. The fourth-order valence-corrected chi connectivity index (χ4v) is 13.7. The molecular formula is C65H91ClF3N11O11. The second-order valence-corrected chi connectivity index (χ2v) is 26.4. The molecule has 91 heavy (non-hydrogen) atoms. The van der Waals surface area contributed by atoms with Gasteiger partial charge < -0.3 is 55.6 Å². The highest BCUT2D eigenvalue weighted by atomic mass is 35.5. The highest BCUT2D eigenvalue weighted by molar-refractivity contribution is 6.31. The van der Waals surface area contributed by atoms with Crippen molar-refractivity contribution in [2.45, 2.75) is 197 Å². The number of hydrogen-bond donors (Lipinski definition) is 4. The van der Waals surface area contributed by atoms with Crippen LogP contribution in [0.2, 0.25) is 5.02 Å². The fraction of sp³-hybridized carbons (Fsp3) is 0.646. The first-order chi connectivity index (χ1) is 42.9. The number of carbonyl (C=O) groups is 11. The molecule has 26 heteroatoms. The van der Waals surface area contributed by atoms with Crippen LogP contribution in [0.15, 0.2) is 42.5 Å². The number of hydrogen-bond acceptors (Lipinski definition) is 11. The smallest absolute Gasteiger partial charge is 0.351 e. The van der Waals surface area contributed by atoms with E-state index in [4.69, 9.17) is 11.6 Å². The van der Waals surface area contributed by atoms with E-state index in [0.29, 0.717) is 49.7 Å². The van der Waals surface area contributed by atoms with Crippen LogP contribution < -0.4 is 21.3 Å². The number of aryl methyl sites for hydroxylation is 2. The van der Waals surface area contributed by atoms with Gasteiger partial charge in [-0.15, -0.1) is 0 Å². The molecule has 22 nitrogen and oxygen atoms in total. The lowest BCUT2D eigenvalue weighted by Crippen LogP contribution is -2.64. The number of nitrogens with zero attached hydrogens (tertiary/aromatic N) is 7. The van der Waals surface area contributed by atoms with Gasteiger partial charge in [0.2, 0.25) is 65.0 Å². The number of fused-ring (bicyclic) bond motifs is 2. The van der Waals surface area contributed by atoms with Gasteiger partial charge in [0, 0.05) is 67.2 Å². The molecule has 0 bridgehead atoms. The third-order valence-corrected chi connectivity index (χ3v) is 19.7. The lowest BCUT2D eigenvalue weighted by molar-refractivity contribution is -0.157. The molecule has 4 N–H and O–H groups in total. The molecule has 9 atom stereocenters. The van der Waals surface area contributed by atoms with Crippen molar-refractivity contribution in [3.05, 3.63) is 69.7 Å². The maximum absolute atomic E-state index is 15.2. The van der Waals surface area contributed by atoms with Gasteiger partial charge in [-0.05, 0) is 114 Å². The molecule has 2 aliphatic carbocycles. The second kappa shape index (κ2) is 30.4. The Kier molecular flexibility index (Phi) is 23.8. The van der Waals surface area contributed by atoms with Crippen molar-refractivity contribution in [1.29, 1.82) is 0 Å². The van der Waals surface area contributed by atoms with E-state index in [1.165, 1.54) is 77.6 Å². The number of halogens is 4. The molecule has 7 rings (SSSR count). The molecule has 2 aromatic carbocycles. The lowest BCUT2D eigenvalue weighted by atomic mass is 9.90. The highest BCUT2D eigenvalue weighted by Crippen LogP contribution is 2.38. The first-order valence-corrected chi connectivity index (χ1v) is 32.3. The van der Waals surface area contributed by atoms with Gasteiger partial charge in [-0.2, -0.15) is 13.2 Å². The molecule has 2 aromatic rings. The molecule has 0 radical (unpaired) electrons. The third kappa shape index (κ3) is 16.9. The number of alkyl halides is 3. The lowest BCUT2D eigenvalue weighted by Gasteiger charge is -2.43. The number of likely N-dealkylation sites (N-methyl/N-ethyl adjacent to an activating group) is 5. The van der Waals surface area contributed by atoms with Gasteiger partial charge in [0.05, 0.1) is 23.7 Å². The van der Waals surface area contributed by atoms with Crippen molar-refractivity contribution < 1.29 is 65.9 Å². The SMILES string of the molecule is CC[C@H](C)[C@@H]1NC(=O)[C@H](C)N(C)C(=O)C[C@@H](C)NC(=O)[C@H](C2CCCC2)N(C)C(=O)C2(CCCC2)NC(=O)[C@@H]2CCCN2C(=O)[C@H](CCc2ccc(C(F)(F)F)c(Cl)c2)NC(=O)CN(C)C(=O)[C@H](Cc2ccc(C)cc2)N(C)C(=O)[C@@H]2CCN2C(=O)CN(C)C1=O. The van der Waals surface area contributed by atoms with E-state index in [1.54, 1.807) is 26.0 Å². The molecule has 3 aliphatic heterocycles. The Labute approximate surface area is 536 Å². The van der Waals surface area contributed by atoms with Crippen LogP contribution >= 0.6 is 11.6 Å². The summed E-state index contributed by atoms with van der Waals surface area (Å²) in [6, 6.07) is 1.55. The molecule has 1 spiro atoms. The van der Waals surface area contributed by atoms with Crippen molar-refractivity contribution in [2.75, 3.05) is 61.4 Å². The zero-order valence-corrected chi connectivity index (χ0v) is 54.8. The summed E-state index contributed by atoms with van der Waals surface area (Å²) < 4.78 is 41.4. The normalized spacial score (nSPS) is 27.1. The molecular weight excluding hydrogens is 1200 g/mol. The summed E-state index contributed by atoms with van der Waals surface area (Å²) in [5, 5.41) is 11.0. The van der Waals surface area contributed by atoms with E-state index >= 15 is 9.59 Å². The summed E-state index contributed by atoms with van der Waals surface area (Å²) in [4.78, 5) is 169. The van der Waals surface area contributed by atoms with Crippen molar-refractivity contribution in [2.24, 2.45) is 11.8 Å². The van der Waals surface area contributed by atoms with Gasteiger partial charge in [-0.3, -0.25) is 52.7 Å². The minimum atomic E-state index is -4.75. The molecule has 500 valence electrons. The molecule has 3 heterocycles. The number of rotatable bonds is 8. The zero-order chi connectivity index (χ0) is 67.0. The highest BCUT2D eigenvalue weighted by Gasteiger charge is 2.51.